The smallest absolute Gasteiger partial charge is 0.227 e. The van der Waals surface area contributed by atoms with E-state index in [4.69, 9.17) is 4.98 Å². The molecule has 2 aromatic carbocycles. The highest BCUT2D eigenvalue weighted by Gasteiger charge is 2.17. The second-order valence-electron chi connectivity index (χ2n) is 7.01. The third kappa shape index (κ3) is 4.64. The summed E-state index contributed by atoms with van der Waals surface area (Å²) in [5.74, 6) is 1.68. The quantitative estimate of drug-likeness (QED) is 0.568. The fraction of sp³-hybridized carbons (Fsp3) is 0.304. The van der Waals surface area contributed by atoms with E-state index in [9.17, 15) is 0 Å². The lowest BCUT2D eigenvalue weighted by molar-refractivity contribution is 0.660. The van der Waals surface area contributed by atoms with Crippen LogP contribution >= 0.6 is 0 Å². The molecule has 4 nitrogen and oxygen atoms in total. The second kappa shape index (κ2) is 8.67. The first kappa shape index (κ1) is 18.9. The molecule has 140 valence electrons. The van der Waals surface area contributed by atoms with Crippen LogP contribution in [0.3, 0.4) is 0 Å². The Morgan fingerprint density at radius 2 is 1.74 bits per heavy atom. The Morgan fingerprint density at radius 1 is 0.963 bits per heavy atom. The maximum absolute atomic E-state index is 4.91. The molecule has 0 aliphatic heterocycles. The molecule has 0 atom stereocenters. The summed E-state index contributed by atoms with van der Waals surface area (Å²) in [5.41, 5.74) is 3.65. The maximum Gasteiger partial charge on any atom is 0.227 e. The number of anilines is 3. The monoisotopic (exact) mass is 360 g/mol. The Kier molecular flexibility index (Phi) is 6.07. The SMILES string of the molecule is CCN(c1cccc(C)c1)c1ccnc(N(Cc2ccccc2)C(C)C)n1. The molecular weight excluding hydrogens is 332 g/mol. The lowest BCUT2D eigenvalue weighted by Gasteiger charge is -2.29. The summed E-state index contributed by atoms with van der Waals surface area (Å²) >= 11 is 0. The van der Waals surface area contributed by atoms with Crippen LogP contribution in [-0.4, -0.2) is 22.6 Å². The van der Waals surface area contributed by atoms with Gasteiger partial charge in [-0.2, -0.15) is 4.98 Å². The van der Waals surface area contributed by atoms with E-state index in [0.717, 1.165) is 30.5 Å². The van der Waals surface area contributed by atoms with Crippen LogP contribution in [0.4, 0.5) is 17.5 Å². The number of hydrogen-bond acceptors (Lipinski definition) is 4. The van der Waals surface area contributed by atoms with Crippen molar-refractivity contribution in [2.24, 2.45) is 0 Å². The van der Waals surface area contributed by atoms with Crippen molar-refractivity contribution in [1.29, 1.82) is 0 Å². The lowest BCUT2D eigenvalue weighted by atomic mass is 10.2. The number of aryl methyl sites for hydroxylation is 1. The van der Waals surface area contributed by atoms with E-state index in [1.54, 1.807) is 0 Å². The Balaban J connectivity index is 1.92. The molecule has 0 saturated heterocycles. The van der Waals surface area contributed by atoms with Crippen LogP contribution in [0.25, 0.3) is 0 Å². The van der Waals surface area contributed by atoms with Crippen LogP contribution in [0.2, 0.25) is 0 Å². The van der Waals surface area contributed by atoms with Crippen LogP contribution in [0.15, 0.2) is 66.9 Å². The maximum atomic E-state index is 4.91. The second-order valence-corrected chi connectivity index (χ2v) is 7.01. The highest BCUT2D eigenvalue weighted by atomic mass is 15.3. The van der Waals surface area contributed by atoms with E-state index < -0.39 is 0 Å². The number of hydrogen-bond donors (Lipinski definition) is 0. The minimum Gasteiger partial charge on any atom is -0.334 e. The van der Waals surface area contributed by atoms with Gasteiger partial charge in [-0.25, -0.2) is 4.98 Å². The van der Waals surface area contributed by atoms with Gasteiger partial charge in [0.25, 0.3) is 0 Å². The normalized spacial score (nSPS) is 10.9. The Bertz CT molecular complexity index is 861. The van der Waals surface area contributed by atoms with Gasteiger partial charge in [0.15, 0.2) is 0 Å². The zero-order valence-electron chi connectivity index (χ0n) is 16.6. The van der Waals surface area contributed by atoms with Crippen molar-refractivity contribution < 1.29 is 0 Å². The van der Waals surface area contributed by atoms with E-state index in [2.05, 4.69) is 91.0 Å². The fourth-order valence-electron chi connectivity index (χ4n) is 3.16. The summed E-state index contributed by atoms with van der Waals surface area (Å²) < 4.78 is 0. The van der Waals surface area contributed by atoms with Crippen LogP contribution in [0, 0.1) is 6.92 Å². The van der Waals surface area contributed by atoms with Crippen LogP contribution in [0.1, 0.15) is 31.9 Å². The van der Waals surface area contributed by atoms with Gasteiger partial charge in [0.1, 0.15) is 5.82 Å². The third-order valence-electron chi connectivity index (χ3n) is 4.61. The fourth-order valence-corrected chi connectivity index (χ4v) is 3.16. The molecule has 0 spiro atoms. The molecule has 0 radical (unpaired) electrons. The number of benzene rings is 2. The van der Waals surface area contributed by atoms with Gasteiger partial charge in [-0.05, 0) is 57.0 Å². The first-order chi connectivity index (χ1) is 13.1. The summed E-state index contributed by atoms with van der Waals surface area (Å²) in [6, 6.07) is 21.3. The van der Waals surface area contributed by atoms with E-state index in [1.807, 2.05) is 18.3 Å². The van der Waals surface area contributed by atoms with Crippen molar-refractivity contribution in [1.82, 2.24) is 9.97 Å². The Morgan fingerprint density at radius 3 is 2.41 bits per heavy atom. The molecule has 0 bridgehead atoms. The van der Waals surface area contributed by atoms with E-state index in [0.29, 0.717) is 6.04 Å². The predicted octanol–water partition coefficient (Wildman–Crippen LogP) is 5.36. The molecule has 0 amide bonds. The van der Waals surface area contributed by atoms with Gasteiger partial charge in [-0.1, -0.05) is 42.5 Å². The first-order valence-electron chi connectivity index (χ1n) is 9.56. The zero-order chi connectivity index (χ0) is 19.2. The molecule has 0 unspecified atom stereocenters. The minimum absolute atomic E-state index is 0.300. The topological polar surface area (TPSA) is 32.3 Å². The molecule has 27 heavy (non-hydrogen) atoms. The molecular formula is C23H28N4. The average Bonchev–Trinajstić information content (AvgIpc) is 2.68. The molecule has 0 N–H and O–H groups in total. The van der Waals surface area contributed by atoms with E-state index in [1.165, 1.54) is 11.1 Å². The van der Waals surface area contributed by atoms with Crippen molar-refractivity contribution in [3.05, 3.63) is 78.0 Å². The molecule has 0 aliphatic carbocycles. The number of aromatic nitrogens is 2. The summed E-state index contributed by atoms with van der Waals surface area (Å²) in [5, 5.41) is 0. The van der Waals surface area contributed by atoms with E-state index >= 15 is 0 Å². The highest BCUT2D eigenvalue weighted by Crippen LogP contribution is 2.26. The molecule has 0 fully saturated rings. The number of nitrogens with zero attached hydrogens (tertiary/aromatic N) is 4. The first-order valence-corrected chi connectivity index (χ1v) is 9.56. The lowest BCUT2D eigenvalue weighted by Crippen LogP contribution is -2.32. The van der Waals surface area contributed by atoms with Gasteiger partial charge in [-0.3, -0.25) is 0 Å². The molecule has 1 heterocycles. The zero-order valence-corrected chi connectivity index (χ0v) is 16.6. The summed E-state index contributed by atoms with van der Waals surface area (Å²) in [4.78, 5) is 13.9. The molecule has 0 saturated carbocycles. The Labute approximate surface area is 162 Å². The third-order valence-corrected chi connectivity index (χ3v) is 4.61. The summed E-state index contributed by atoms with van der Waals surface area (Å²) in [7, 11) is 0. The summed E-state index contributed by atoms with van der Waals surface area (Å²) in [6.45, 7) is 10.3. The van der Waals surface area contributed by atoms with Gasteiger partial charge < -0.3 is 9.80 Å². The van der Waals surface area contributed by atoms with E-state index in [-0.39, 0.29) is 0 Å². The van der Waals surface area contributed by atoms with Crippen molar-refractivity contribution in [3.63, 3.8) is 0 Å². The van der Waals surface area contributed by atoms with Gasteiger partial charge in [0, 0.05) is 31.0 Å². The largest absolute Gasteiger partial charge is 0.334 e. The van der Waals surface area contributed by atoms with Crippen LogP contribution in [-0.2, 0) is 6.54 Å². The van der Waals surface area contributed by atoms with Gasteiger partial charge in [-0.15, -0.1) is 0 Å². The molecule has 4 heteroatoms. The van der Waals surface area contributed by atoms with Crippen molar-refractivity contribution >= 4 is 17.5 Å². The van der Waals surface area contributed by atoms with Crippen LogP contribution < -0.4 is 9.80 Å². The van der Waals surface area contributed by atoms with Crippen molar-refractivity contribution in [2.75, 3.05) is 16.3 Å². The van der Waals surface area contributed by atoms with Crippen molar-refractivity contribution in [3.8, 4) is 0 Å². The molecule has 3 aromatic rings. The van der Waals surface area contributed by atoms with Gasteiger partial charge >= 0.3 is 0 Å². The highest BCUT2D eigenvalue weighted by molar-refractivity contribution is 5.61. The minimum atomic E-state index is 0.300. The molecule has 0 aliphatic rings. The summed E-state index contributed by atoms with van der Waals surface area (Å²) in [6.07, 6.45) is 1.86. The van der Waals surface area contributed by atoms with Gasteiger partial charge in [0.05, 0.1) is 0 Å². The predicted molar refractivity (Wildman–Crippen MR) is 114 cm³/mol. The van der Waals surface area contributed by atoms with Gasteiger partial charge in [0.2, 0.25) is 5.95 Å². The standard InChI is InChI=1S/C23H28N4/c1-5-26(21-13-9-10-19(4)16-21)22-14-15-24-23(25-22)27(18(2)3)17-20-11-7-6-8-12-20/h6-16,18H,5,17H2,1-4H3. The van der Waals surface area contributed by atoms with Crippen molar-refractivity contribution in [2.45, 2.75) is 40.3 Å². The Hall–Kier alpha value is -2.88. The average molecular weight is 361 g/mol. The number of rotatable bonds is 7. The molecule has 3 rings (SSSR count). The van der Waals surface area contributed by atoms with Crippen LogP contribution in [0.5, 0.6) is 0 Å². The molecule has 1 aromatic heterocycles.